The first-order chi connectivity index (χ1) is 29.2. The zero-order valence-corrected chi connectivity index (χ0v) is 35.7. The highest BCUT2D eigenvalue weighted by Crippen LogP contribution is 2.31. The highest BCUT2D eigenvalue weighted by molar-refractivity contribution is 8.00. The maximum atomic E-state index is 13.6. The van der Waals surface area contributed by atoms with Crippen LogP contribution in [0.2, 0.25) is 0 Å². The third-order valence-corrected chi connectivity index (χ3v) is 14.3. The van der Waals surface area contributed by atoms with Gasteiger partial charge in [-0.1, -0.05) is 30.3 Å². The minimum Gasteiger partial charge on any atom is -0.369 e. The third-order valence-electron chi connectivity index (χ3n) is 11.9. The summed E-state index contributed by atoms with van der Waals surface area (Å²) in [5.41, 5.74) is 2.03. The number of anilines is 1. The van der Waals surface area contributed by atoms with Crippen molar-refractivity contribution in [2.24, 2.45) is 5.92 Å². The number of nitrogens with one attached hydrogen (secondary N) is 5. The second-order valence-electron chi connectivity index (χ2n) is 16.1. The quantitative estimate of drug-likeness (QED) is 0.112. The lowest BCUT2D eigenvalue weighted by atomic mass is 10.0. The second kappa shape index (κ2) is 19.4. The van der Waals surface area contributed by atoms with E-state index in [1.54, 1.807) is 30.0 Å². The van der Waals surface area contributed by atoms with Gasteiger partial charge >= 0.3 is 0 Å². The van der Waals surface area contributed by atoms with Gasteiger partial charge in [-0.15, -0.1) is 11.8 Å². The van der Waals surface area contributed by atoms with Crippen LogP contribution in [0.15, 0.2) is 48.5 Å². The van der Waals surface area contributed by atoms with Gasteiger partial charge in [0.15, 0.2) is 0 Å². The molecule has 5 atom stereocenters. The number of imide groups is 2. The Morgan fingerprint density at radius 3 is 2.39 bits per heavy atom. The van der Waals surface area contributed by atoms with Crippen molar-refractivity contribution in [2.75, 3.05) is 69.3 Å². The van der Waals surface area contributed by atoms with Gasteiger partial charge < -0.3 is 20.9 Å². The fourth-order valence-corrected chi connectivity index (χ4v) is 10.4. The summed E-state index contributed by atoms with van der Waals surface area (Å²) >= 11 is 1.57. The molecule has 5 aliphatic heterocycles. The lowest BCUT2D eigenvalue weighted by Gasteiger charge is -2.36. The summed E-state index contributed by atoms with van der Waals surface area (Å²) in [7, 11) is -3.43. The van der Waals surface area contributed by atoms with E-state index in [0.29, 0.717) is 71.4 Å². The summed E-state index contributed by atoms with van der Waals surface area (Å²) in [6.07, 6.45) is 3.42. The summed E-state index contributed by atoms with van der Waals surface area (Å²) in [4.78, 5) is 95.3. The lowest BCUT2D eigenvalue weighted by Crippen LogP contribution is -2.54. The van der Waals surface area contributed by atoms with Crippen molar-refractivity contribution >= 4 is 68.8 Å². The highest BCUT2D eigenvalue weighted by Gasteiger charge is 2.45. The molecular weight excluding hydrogens is 827 g/mol. The predicted molar refractivity (Wildman–Crippen MR) is 226 cm³/mol. The number of carbonyl (C=O) groups excluding carboxylic acids is 7. The monoisotopic (exact) mass is 879 g/mol. The Balaban J connectivity index is 0.830. The normalized spacial score (nSPS) is 24.1. The van der Waals surface area contributed by atoms with E-state index in [9.17, 15) is 42.0 Å². The molecule has 4 unspecified atom stereocenters. The Kier molecular flexibility index (Phi) is 14.1. The van der Waals surface area contributed by atoms with Crippen molar-refractivity contribution in [3.05, 3.63) is 65.2 Å². The summed E-state index contributed by atoms with van der Waals surface area (Å²) in [5.74, 6) is -2.72. The molecule has 0 aliphatic carbocycles. The zero-order chi connectivity index (χ0) is 43.3. The van der Waals surface area contributed by atoms with Gasteiger partial charge in [0.1, 0.15) is 17.6 Å². The predicted octanol–water partition coefficient (Wildman–Crippen LogP) is 0.130. The number of nitrogens with zero attached hydrogens (tertiary/aromatic N) is 4. The molecule has 7 rings (SSSR count). The molecule has 0 radical (unpaired) electrons. The summed E-state index contributed by atoms with van der Waals surface area (Å²) in [6, 6.07) is 13.3. The van der Waals surface area contributed by atoms with E-state index < -0.39 is 51.7 Å². The van der Waals surface area contributed by atoms with Crippen LogP contribution in [0.3, 0.4) is 0 Å². The molecule has 7 amide bonds. The minimum atomic E-state index is -3.43. The van der Waals surface area contributed by atoms with Crippen LogP contribution in [0.1, 0.15) is 77.3 Å². The number of unbranched alkanes of at least 4 members (excludes halogenated alkanes) is 1. The minimum absolute atomic E-state index is 0.0549. The average Bonchev–Trinajstić information content (AvgIpc) is 3.99. The van der Waals surface area contributed by atoms with Crippen LogP contribution < -0.4 is 31.5 Å². The topological polar surface area (TPSA) is 227 Å². The third kappa shape index (κ3) is 10.8. The Hall–Kier alpha value is -4.89. The number of benzene rings is 2. The van der Waals surface area contributed by atoms with Gasteiger partial charge in [0.25, 0.3) is 11.8 Å². The summed E-state index contributed by atoms with van der Waals surface area (Å²) < 4.78 is 25.4. The maximum Gasteiger partial charge on any atom is 0.262 e. The van der Waals surface area contributed by atoms with Gasteiger partial charge in [-0.2, -0.15) is 0 Å². The van der Waals surface area contributed by atoms with Crippen LogP contribution in [0.25, 0.3) is 0 Å². The maximum absolute atomic E-state index is 13.6. The molecule has 18 nitrogen and oxygen atoms in total. The number of thioether (sulfide) groups is 1. The van der Waals surface area contributed by atoms with Gasteiger partial charge in [0.2, 0.25) is 39.6 Å². The number of hydrogen-bond acceptors (Lipinski definition) is 13. The molecule has 4 fully saturated rings. The Morgan fingerprint density at radius 1 is 0.918 bits per heavy atom. The van der Waals surface area contributed by atoms with Crippen LogP contribution in [0.4, 0.5) is 5.69 Å². The van der Waals surface area contributed by atoms with E-state index in [1.807, 2.05) is 30.3 Å². The molecule has 61 heavy (non-hydrogen) atoms. The summed E-state index contributed by atoms with van der Waals surface area (Å²) in [5, 5.41) is 14.5. The van der Waals surface area contributed by atoms with E-state index in [1.165, 1.54) is 4.31 Å². The SMILES string of the molecule is CS(=O)(=O)N1CCC(C(=O)N[C@@H](CCCCNC(=O)CCN2CCN(c3ccc4c(c3)C(=O)N(C3CCC(=O)NC3=O)C4=O)CC2)C(=O)NC2NC(c3ccccc3)CS2)C1. The van der Waals surface area contributed by atoms with E-state index in [2.05, 4.69) is 36.4 Å². The number of piperazine rings is 1. The van der Waals surface area contributed by atoms with Gasteiger partial charge in [-0.25, -0.2) is 12.7 Å². The Labute approximate surface area is 359 Å². The molecule has 20 heteroatoms. The standard InChI is InChI=1S/C41H53N9O9S2/c1-61(58,59)49-18-14-27(24-49)36(53)43-31(37(54)46-41-44-32(25-60-41)26-7-3-2-4-8-26)9-5-6-16-42-34(51)15-17-47-19-21-48(22-20-47)28-10-11-29-30(23-28)40(57)50(39(29)56)33-12-13-35(52)45-38(33)55/h2-4,7-8,10-11,23,27,31-33,41,44H,5-6,9,12-22,24-25H2,1H3,(H,42,51)(H,43,53)(H,46,54)(H,45,52,55)/t27?,31-,32?,33?,41?/m0/s1. The van der Waals surface area contributed by atoms with E-state index in [-0.39, 0.29) is 66.3 Å². The van der Waals surface area contributed by atoms with Crippen molar-refractivity contribution in [1.82, 2.24) is 40.7 Å². The molecule has 5 N–H and O–H groups in total. The van der Waals surface area contributed by atoms with E-state index in [4.69, 9.17) is 0 Å². The number of hydrogen-bond donors (Lipinski definition) is 5. The van der Waals surface area contributed by atoms with Crippen LogP contribution >= 0.6 is 11.8 Å². The van der Waals surface area contributed by atoms with Crippen LogP contribution in [-0.2, 0) is 34.0 Å². The molecule has 0 saturated carbocycles. The van der Waals surface area contributed by atoms with Gasteiger partial charge in [-0.05, 0) is 55.9 Å². The molecule has 2 aromatic rings. The molecule has 0 aromatic heterocycles. The average molecular weight is 880 g/mol. The van der Waals surface area contributed by atoms with E-state index in [0.717, 1.165) is 28.2 Å². The number of fused-ring (bicyclic) bond motifs is 1. The molecule has 5 heterocycles. The van der Waals surface area contributed by atoms with E-state index >= 15 is 0 Å². The van der Waals surface area contributed by atoms with Crippen molar-refractivity contribution in [3.63, 3.8) is 0 Å². The first-order valence-corrected chi connectivity index (χ1v) is 23.7. The fraction of sp³-hybridized carbons (Fsp3) is 0.537. The molecule has 0 spiro atoms. The number of carbonyl (C=O) groups is 7. The highest BCUT2D eigenvalue weighted by atomic mass is 32.2. The Morgan fingerprint density at radius 2 is 1.67 bits per heavy atom. The van der Waals surface area contributed by atoms with Crippen molar-refractivity contribution in [2.45, 2.75) is 68.6 Å². The number of amides is 7. The number of sulfonamides is 1. The number of piperidine rings is 1. The molecule has 2 aromatic carbocycles. The lowest BCUT2D eigenvalue weighted by molar-refractivity contribution is -0.136. The van der Waals surface area contributed by atoms with Gasteiger partial charge in [0, 0.05) is 82.7 Å². The van der Waals surface area contributed by atoms with Gasteiger partial charge in [0.05, 0.1) is 23.3 Å². The molecule has 5 aliphatic rings. The van der Waals surface area contributed by atoms with Crippen LogP contribution in [0.5, 0.6) is 0 Å². The fourth-order valence-electron chi connectivity index (χ4n) is 8.40. The van der Waals surface area contributed by atoms with Crippen molar-refractivity contribution in [1.29, 1.82) is 0 Å². The van der Waals surface area contributed by atoms with Gasteiger partial charge in [-0.3, -0.25) is 54.0 Å². The zero-order valence-electron chi connectivity index (χ0n) is 34.1. The molecule has 328 valence electrons. The van der Waals surface area contributed by atoms with Crippen molar-refractivity contribution in [3.8, 4) is 0 Å². The second-order valence-corrected chi connectivity index (χ2v) is 19.2. The largest absolute Gasteiger partial charge is 0.369 e. The van der Waals surface area contributed by atoms with Crippen molar-refractivity contribution < 1.29 is 42.0 Å². The molecule has 4 saturated heterocycles. The van der Waals surface area contributed by atoms with Crippen LogP contribution in [-0.4, -0.2) is 146 Å². The number of rotatable bonds is 16. The molecule has 0 bridgehead atoms. The summed E-state index contributed by atoms with van der Waals surface area (Å²) in [6.45, 7) is 3.95. The first-order valence-electron chi connectivity index (χ1n) is 20.8. The smallest absolute Gasteiger partial charge is 0.262 e. The first kappa shape index (κ1) is 44.2. The Bertz CT molecular complexity index is 2130. The van der Waals surface area contributed by atoms with Crippen LogP contribution in [0, 0.1) is 5.92 Å². The molecular formula is C41H53N9O9S2.